The molecule has 1 aromatic carbocycles. The van der Waals surface area contributed by atoms with Crippen LogP contribution in [0.1, 0.15) is 27.0 Å². The number of esters is 1. The van der Waals surface area contributed by atoms with Crippen LogP contribution in [-0.4, -0.2) is 69.2 Å². The van der Waals surface area contributed by atoms with Crippen molar-refractivity contribution in [2.45, 2.75) is 45.2 Å². The summed E-state index contributed by atoms with van der Waals surface area (Å²) in [7, 11) is -2.91. The zero-order valence-electron chi connectivity index (χ0n) is 21.4. The zero-order chi connectivity index (χ0) is 27.4. The summed E-state index contributed by atoms with van der Waals surface area (Å²) in [6, 6.07) is 7.34. The predicted octanol–water partition coefficient (Wildman–Crippen LogP) is 2.06. The molecule has 0 saturated carbocycles. The molecule has 0 spiro atoms. The van der Waals surface area contributed by atoms with Crippen LogP contribution in [0.3, 0.4) is 0 Å². The maximum absolute atomic E-state index is 13.6. The molecule has 1 aliphatic rings. The summed E-state index contributed by atoms with van der Waals surface area (Å²) < 4.78 is 42.9. The molecule has 38 heavy (non-hydrogen) atoms. The molecule has 15 heteroatoms. The number of carbonyl (C=O) groups is 1. The third kappa shape index (κ3) is 5.89. The third-order valence-electron chi connectivity index (χ3n) is 5.93. The molecule has 1 fully saturated rings. The van der Waals surface area contributed by atoms with E-state index in [0.29, 0.717) is 17.8 Å². The van der Waals surface area contributed by atoms with Gasteiger partial charge >= 0.3 is 13.7 Å². The summed E-state index contributed by atoms with van der Waals surface area (Å²) >= 11 is 0. The number of nitrogens with two attached hydrogens (primary N) is 1. The van der Waals surface area contributed by atoms with Gasteiger partial charge in [-0.3, -0.25) is 13.9 Å². The third-order valence-corrected chi connectivity index (χ3v) is 7.57. The number of rotatable bonds is 11. The number of hydrogen-bond acceptors (Lipinski definition) is 12. The number of aromatic nitrogens is 4. The first-order valence-electron chi connectivity index (χ1n) is 12.0. The van der Waals surface area contributed by atoms with Crippen molar-refractivity contribution in [2.75, 3.05) is 26.1 Å². The van der Waals surface area contributed by atoms with E-state index >= 15 is 0 Å². The van der Waals surface area contributed by atoms with E-state index in [-0.39, 0.29) is 24.2 Å². The van der Waals surface area contributed by atoms with Crippen LogP contribution >= 0.6 is 7.75 Å². The molecule has 0 aliphatic carbocycles. The minimum atomic E-state index is -4.12. The molecule has 0 radical (unpaired) electrons. The van der Waals surface area contributed by atoms with Crippen LogP contribution in [0, 0.1) is 5.92 Å². The number of benzene rings is 1. The van der Waals surface area contributed by atoms with E-state index in [1.807, 2.05) is 6.92 Å². The van der Waals surface area contributed by atoms with Crippen molar-refractivity contribution < 1.29 is 37.7 Å². The van der Waals surface area contributed by atoms with Crippen LogP contribution in [0.4, 0.5) is 5.95 Å². The molecule has 4 rings (SSSR count). The minimum absolute atomic E-state index is 0.00131. The smallest absolute Gasteiger partial charge is 0.459 e. The Balaban J connectivity index is 1.53. The highest BCUT2D eigenvalue weighted by Crippen LogP contribution is 2.46. The number of ether oxygens (including phenoxy) is 3. The highest BCUT2D eigenvalue weighted by molar-refractivity contribution is 7.52. The molecular formula is C23H31N6O8P. The van der Waals surface area contributed by atoms with E-state index < -0.39 is 44.1 Å². The Morgan fingerprint density at radius 3 is 2.74 bits per heavy atom. The van der Waals surface area contributed by atoms with Crippen LogP contribution < -0.4 is 20.1 Å². The van der Waals surface area contributed by atoms with E-state index in [0.717, 1.165) is 0 Å². The van der Waals surface area contributed by atoms with Crippen molar-refractivity contribution in [2.24, 2.45) is 5.92 Å². The van der Waals surface area contributed by atoms with Crippen molar-refractivity contribution in [1.82, 2.24) is 24.6 Å². The summed E-state index contributed by atoms with van der Waals surface area (Å²) in [6.45, 7) is 5.10. The number of nitrogens with zero attached hydrogens (tertiary/aromatic N) is 4. The second kappa shape index (κ2) is 11.6. The van der Waals surface area contributed by atoms with Gasteiger partial charge in [0, 0.05) is 5.92 Å². The Bertz CT molecular complexity index is 1310. The molecule has 4 N–H and O–H groups in total. The van der Waals surface area contributed by atoms with Gasteiger partial charge in [-0.25, -0.2) is 9.55 Å². The molecule has 3 unspecified atom stereocenters. The van der Waals surface area contributed by atoms with Gasteiger partial charge in [-0.2, -0.15) is 15.1 Å². The molecule has 3 aromatic rings. The molecular weight excluding hydrogens is 519 g/mol. The molecule has 206 valence electrons. The zero-order valence-corrected chi connectivity index (χ0v) is 22.3. The topological polar surface area (TPSA) is 182 Å². The number of para-hydroxylation sites is 1. The SMILES string of the molecule is CCOc1nc(N)nc2c1ncn2[C@@H]1OC(COP(=O)(N[C@@H](C)C(=O)OC)Oc2ccccc2)[C@@H](O)C1C. The molecule has 2 aromatic heterocycles. The van der Waals surface area contributed by atoms with Gasteiger partial charge in [0.05, 0.1) is 32.8 Å². The Morgan fingerprint density at radius 2 is 2.05 bits per heavy atom. The van der Waals surface area contributed by atoms with Crippen LogP contribution in [0.15, 0.2) is 36.7 Å². The summed E-state index contributed by atoms with van der Waals surface area (Å²) in [4.78, 5) is 24.7. The van der Waals surface area contributed by atoms with Crippen molar-refractivity contribution in [3.63, 3.8) is 0 Å². The number of nitrogen functional groups attached to an aromatic ring is 1. The van der Waals surface area contributed by atoms with Crippen molar-refractivity contribution in [3.8, 4) is 11.6 Å². The van der Waals surface area contributed by atoms with Gasteiger partial charge in [0.1, 0.15) is 24.1 Å². The first-order chi connectivity index (χ1) is 18.2. The van der Waals surface area contributed by atoms with Crippen LogP contribution in [-0.2, 0) is 23.4 Å². The quantitative estimate of drug-likeness (QED) is 0.233. The van der Waals surface area contributed by atoms with E-state index in [1.165, 1.54) is 20.4 Å². The number of methoxy groups -OCH3 is 1. The summed E-state index contributed by atoms with van der Waals surface area (Å²) in [5.41, 5.74) is 6.63. The van der Waals surface area contributed by atoms with Gasteiger partial charge < -0.3 is 29.6 Å². The van der Waals surface area contributed by atoms with Gasteiger partial charge in [0.15, 0.2) is 11.2 Å². The van der Waals surface area contributed by atoms with Crippen LogP contribution in [0.25, 0.3) is 11.2 Å². The fourth-order valence-corrected chi connectivity index (χ4v) is 5.53. The molecule has 6 atom stereocenters. The highest BCUT2D eigenvalue weighted by atomic mass is 31.2. The van der Waals surface area contributed by atoms with E-state index in [4.69, 9.17) is 29.0 Å². The van der Waals surface area contributed by atoms with Gasteiger partial charge in [0.25, 0.3) is 0 Å². The van der Waals surface area contributed by atoms with Crippen molar-refractivity contribution >= 4 is 30.8 Å². The second-order valence-corrected chi connectivity index (χ2v) is 10.3. The van der Waals surface area contributed by atoms with Crippen molar-refractivity contribution in [1.29, 1.82) is 0 Å². The summed E-state index contributed by atoms with van der Waals surface area (Å²) in [6.07, 6.45) is -1.11. The Kier molecular flexibility index (Phi) is 8.48. The lowest BCUT2D eigenvalue weighted by Crippen LogP contribution is -2.36. The lowest BCUT2D eigenvalue weighted by atomic mass is 10.0. The lowest BCUT2D eigenvalue weighted by molar-refractivity contribution is -0.142. The normalized spacial score (nSPS) is 23.6. The number of anilines is 1. The van der Waals surface area contributed by atoms with Crippen LogP contribution in [0.2, 0.25) is 0 Å². The second-order valence-electron chi connectivity index (χ2n) is 8.63. The molecule has 0 amide bonds. The highest BCUT2D eigenvalue weighted by Gasteiger charge is 2.44. The first-order valence-corrected chi connectivity index (χ1v) is 13.5. The molecule has 14 nitrogen and oxygen atoms in total. The Morgan fingerprint density at radius 1 is 1.32 bits per heavy atom. The monoisotopic (exact) mass is 550 g/mol. The fourth-order valence-electron chi connectivity index (χ4n) is 4.03. The van der Waals surface area contributed by atoms with E-state index in [2.05, 4.69) is 20.0 Å². The predicted molar refractivity (Wildman–Crippen MR) is 135 cm³/mol. The van der Waals surface area contributed by atoms with Gasteiger partial charge in [-0.1, -0.05) is 25.1 Å². The number of nitrogens with one attached hydrogen (secondary N) is 1. The number of hydrogen-bond donors (Lipinski definition) is 3. The standard InChI is InChI=1S/C23H31N6O8P/c1-5-34-20-17-19(26-23(24)27-20)29(12-25-17)21-13(2)18(30)16(36-21)11-35-38(32,28-14(3)22(31)33-4)37-15-9-7-6-8-10-15/h6-10,12-14,16,18,21,30H,5,11H2,1-4H3,(H,28,32)(H2,24,26,27)/t13?,14-,16?,18-,21+,38?/m0/s1. The Hall–Kier alpha value is -3.29. The molecule has 3 heterocycles. The molecule has 1 saturated heterocycles. The number of carbonyl (C=O) groups excluding carboxylic acids is 1. The number of aliphatic hydroxyl groups excluding tert-OH is 1. The minimum Gasteiger partial charge on any atom is -0.476 e. The molecule has 1 aliphatic heterocycles. The summed E-state index contributed by atoms with van der Waals surface area (Å²) in [5.74, 6) is -0.602. The number of aliphatic hydroxyl groups is 1. The molecule has 0 bridgehead atoms. The average Bonchev–Trinajstić information content (AvgIpc) is 3.43. The van der Waals surface area contributed by atoms with Gasteiger partial charge in [-0.05, 0) is 26.0 Å². The maximum Gasteiger partial charge on any atom is 0.459 e. The average molecular weight is 551 g/mol. The Labute approximate surface area is 219 Å². The van der Waals surface area contributed by atoms with Crippen molar-refractivity contribution in [3.05, 3.63) is 36.7 Å². The lowest BCUT2D eigenvalue weighted by Gasteiger charge is -2.24. The van der Waals surface area contributed by atoms with E-state index in [1.54, 1.807) is 41.8 Å². The fraction of sp³-hybridized carbons (Fsp3) is 0.478. The number of fused-ring (bicyclic) bond motifs is 1. The van der Waals surface area contributed by atoms with Gasteiger partial charge in [0.2, 0.25) is 11.8 Å². The first kappa shape index (κ1) is 27.7. The largest absolute Gasteiger partial charge is 0.476 e. The summed E-state index contributed by atoms with van der Waals surface area (Å²) in [5, 5.41) is 13.5. The number of imidazole rings is 1. The van der Waals surface area contributed by atoms with Gasteiger partial charge in [-0.15, -0.1) is 0 Å². The maximum atomic E-state index is 13.6. The van der Waals surface area contributed by atoms with Crippen LogP contribution in [0.5, 0.6) is 11.6 Å². The van der Waals surface area contributed by atoms with E-state index in [9.17, 15) is 14.5 Å².